The predicted molar refractivity (Wildman–Crippen MR) is 152 cm³/mol. The second-order valence-electron chi connectivity index (χ2n) is 14.3. The molecule has 4 aliphatic carbocycles. The van der Waals surface area contributed by atoms with E-state index in [9.17, 15) is 19.2 Å². The molecule has 0 aromatic carbocycles. The van der Waals surface area contributed by atoms with Crippen molar-refractivity contribution in [3.05, 3.63) is 0 Å². The number of nitrogens with two attached hydrogens (primary N) is 1. The second-order valence-corrected chi connectivity index (χ2v) is 14.3. The molecule has 0 aromatic rings. The Bertz CT molecular complexity index is 984. The Morgan fingerprint density at radius 2 is 1.65 bits per heavy atom. The van der Waals surface area contributed by atoms with E-state index in [1.54, 1.807) is 6.92 Å². The van der Waals surface area contributed by atoms with Crippen molar-refractivity contribution in [2.24, 2.45) is 52.1 Å². The molecule has 4 saturated carbocycles. The summed E-state index contributed by atoms with van der Waals surface area (Å²) in [6, 6.07) is -1.57. The van der Waals surface area contributed by atoms with Gasteiger partial charge in [0.15, 0.2) is 0 Å². The first-order valence-electron chi connectivity index (χ1n) is 15.8. The van der Waals surface area contributed by atoms with E-state index < -0.39 is 29.9 Å². The number of esters is 1. The second kappa shape index (κ2) is 12.1. The molecule has 4 aliphatic rings. The van der Waals surface area contributed by atoms with Gasteiger partial charge in [-0.3, -0.25) is 14.4 Å². The van der Waals surface area contributed by atoms with Crippen molar-refractivity contribution in [2.75, 3.05) is 0 Å². The van der Waals surface area contributed by atoms with E-state index in [0.717, 1.165) is 38.5 Å². The standard InChI is InChI=1S/C32H52N2O6/c1-6-18(2)29(34-27(36)16-21(33)17-28(37)38)30(39)40-22-11-13-31(4)20(15-22)7-8-23-25-10-9-24(19(3)35)32(25,5)14-12-26(23)31/h18,20-26,29H,6-17,33H2,1-5H3,(H,34,36)(H,37,38)/t18?,20-,21-,22+,23-,24+,25-,26-,29-,31-,32+/m0/s1. The molecule has 226 valence electrons. The molecule has 11 atom stereocenters. The van der Waals surface area contributed by atoms with Crippen molar-refractivity contribution in [3.63, 3.8) is 0 Å². The smallest absolute Gasteiger partial charge is 0.329 e. The van der Waals surface area contributed by atoms with Crippen LogP contribution < -0.4 is 11.1 Å². The normalized spacial score (nSPS) is 39.0. The van der Waals surface area contributed by atoms with E-state index in [-0.39, 0.29) is 41.6 Å². The molecule has 40 heavy (non-hydrogen) atoms. The van der Waals surface area contributed by atoms with E-state index in [4.69, 9.17) is 15.6 Å². The van der Waals surface area contributed by atoms with Crippen LogP contribution in [0, 0.1) is 46.3 Å². The highest BCUT2D eigenvalue weighted by atomic mass is 16.5. The third kappa shape index (κ3) is 5.98. The zero-order valence-corrected chi connectivity index (χ0v) is 25.2. The molecule has 1 amide bonds. The summed E-state index contributed by atoms with van der Waals surface area (Å²) in [6.07, 6.45) is 9.79. The third-order valence-electron chi connectivity index (χ3n) is 12.1. The minimum absolute atomic E-state index is 0.113. The average molecular weight is 561 g/mol. The number of rotatable bonds is 10. The Balaban J connectivity index is 1.37. The van der Waals surface area contributed by atoms with Crippen LogP contribution in [-0.4, -0.2) is 46.9 Å². The van der Waals surface area contributed by atoms with E-state index in [0.29, 0.717) is 35.9 Å². The molecule has 0 aliphatic heterocycles. The number of amides is 1. The Labute approximate surface area is 239 Å². The Morgan fingerprint density at radius 1 is 0.975 bits per heavy atom. The Hall–Kier alpha value is -1.96. The number of aliphatic carboxylic acids is 1. The fourth-order valence-corrected chi connectivity index (χ4v) is 9.67. The van der Waals surface area contributed by atoms with Crippen LogP contribution >= 0.6 is 0 Å². The van der Waals surface area contributed by atoms with Crippen LogP contribution in [0.4, 0.5) is 0 Å². The first kappa shape index (κ1) is 31.0. The first-order valence-corrected chi connectivity index (χ1v) is 15.8. The molecular formula is C32H52N2O6. The minimum atomic E-state index is -1.05. The van der Waals surface area contributed by atoms with Crippen LogP contribution in [0.25, 0.3) is 0 Å². The maximum atomic E-state index is 13.3. The third-order valence-corrected chi connectivity index (χ3v) is 12.1. The van der Waals surface area contributed by atoms with Crippen molar-refractivity contribution in [2.45, 2.75) is 130 Å². The molecule has 0 bridgehead atoms. The number of Topliss-reactive ketones (excluding diaryl/α,β-unsaturated/α-hetero) is 1. The van der Waals surface area contributed by atoms with Crippen molar-refractivity contribution in [1.82, 2.24) is 5.32 Å². The summed E-state index contributed by atoms with van der Waals surface area (Å²) in [5.74, 6) is 1.15. The zero-order valence-electron chi connectivity index (χ0n) is 25.2. The molecule has 1 unspecified atom stereocenters. The highest BCUT2D eigenvalue weighted by Gasteiger charge is 2.61. The summed E-state index contributed by atoms with van der Waals surface area (Å²) in [6.45, 7) is 10.5. The van der Waals surface area contributed by atoms with Crippen LogP contribution in [0.5, 0.6) is 0 Å². The van der Waals surface area contributed by atoms with Gasteiger partial charge in [0.05, 0.1) is 6.42 Å². The zero-order chi connectivity index (χ0) is 29.4. The van der Waals surface area contributed by atoms with Gasteiger partial charge in [0.25, 0.3) is 0 Å². The number of carbonyl (C=O) groups excluding carboxylic acids is 3. The molecule has 0 saturated heterocycles. The SMILES string of the molecule is CCC(C)[C@H](NC(=O)C[C@H](N)CC(=O)O)C(=O)O[C@@H]1CC[C@@]2(C)[C@@H](CC[C@@H]3[C@@H]2CC[C@]2(C)[C@@H](C(C)=O)CC[C@@H]32)C1. The van der Waals surface area contributed by atoms with Crippen LogP contribution in [0.1, 0.15) is 112 Å². The molecule has 0 aromatic heterocycles. The lowest BCUT2D eigenvalue weighted by atomic mass is 9.44. The molecule has 4 rings (SSSR count). The predicted octanol–water partition coefficient (Wildman–Crippen LogP) is 4.87. The molecule has 0 heterocycles. The summed E-state index contributed by atoms with van der Waals surface area (Å²) >= 11 is 0. The number of ether oxygens (including phenoxy) is 1. The minimum Gasteiger partial charge on any atom is -0.481 e. The Kier molecular flexibility index (Phi) is 9.38. The summed E-state index contributed by atoms with van der Waals surface area (Å²) in [5, 5.41) is 11.7. The maximum Gasteiger partial charge on any atom is 0.329 e. The van der Waals surface area contributed by atoms with Gasteiger partial charge >= 0.3 is 11.9 Å². The number of hydrogen-bond donors (Lipinski definition) is 3. The fraction of sp³-hybridized carbons (Fsp3) is 0.875. The maximum absolute atomic E-state index is 13.3. The molecule has 8 heteroatoms. The van der Waals surface area contributed by atoms with Gasteiger partial charge in [-0.1, -0.05) is 34.1 Å². The topological polar surface area (TPSA) is 136 Å². The number of nitrogens with one attached hydrogen (secondary N) is 1. The van der Waals surface area contributed by atoms with Gasteiger partial charge in [0, 0.05) is 18.4 Å². The van der Waals surface area contributed by atoms with Crippen LogP contribution in [-0.2, 0) is 23.9 Å². The Morgan fingerprint density at radius 3 is 2.30 bits per heavy atom. The lowest BCUT2D eigenvalue weighted by Crippen LogP contribution is -2.55. The summed E-state index contributed by atoms with van der Waals surface area (Å²) < 4.78 is 6.09. The van der Waals surface area contributed by atoms with E-state index in [2.05, 4.69) is 19.2 Å². The molecule has 8 nitrogen and oxygen atoms in total. The van der Waals surface area contributed by atoms with Gasteiger partial charge in [0.2, 0.25) is 5.91 Å². The monoisotopic (exact) mass is 560 g/mol. The summed E-state index contributed by atoms with van der Waals surface area (Å²) in [5.41, 5.74) is 6.19. The van der Waals surface area contributed by atoms with Crippen molar-refractivity contribution >= 4 is 23.6 Å². The van der Waals surface area contributed by atoms with Crippen molar-refractivity contribution < 1.29 is 29.0 Å². The molecule has 4 fully saturated rings. The van der Waals surface area contributed by atoms with Crippen LogP contribution in [0.15, 0.2) is 0 Å². The van der Waals surface area contributed by atoms with E-state index >= 15 is 0 Å². The lowest BCUT2D eigenvalue weighted by molar-refractivity contribution is -0.167. The van der Waals surface area contributed by atoms with Gasteiger partial charge in [-0.15, -0.1) is 0 Å². The van der Waals surface area contributed by atoms with Crippen molar-refractivity contribution in [1.29, 1.82) is 0 Å². The quantitative estimate of drug-likeness (QED) is 0.324. The van der Waals surface area contributed by atoms with Gasteiger partial charge in [0.1, 0.15) is 17.9 Å². The molecular weight excluding hydrogens is 508 g/mol. The summed E-state index contributed by atoms with van der Waals surface area (Å²) in [7, 11) is 0. The van der Waals surface area contributed by atoms with Crippen LogP contribution in [0.3, 0.4) is 0 Å². The summed E-state index contributed by atoms with van der Waals surface area (Å²) in [4.78, 5) is 49.3. The van der Waals surface area contributed by atoms with Crippen LogP contribution in [0.2, 0.25) is 0 Å². The first-order chi connectivity index (χ1) is 18.8. The van der Waals surface area contributed by atoms with E-state index in [1.807, 2.05) is 13.8 Å². The molecule has 0 radical (unpaired) electrons. The average Bonchev–Trinajstić information content (AvgIpc) is 3.24. The molecule has 0 spiro atoms. The number of carbonyl (C=O) groups is 4. The van der Waals surface area contributed by atoms with Gasteiger partial charge in [-0.25, -0.2) is 4.79 Å². The highest BCUT2D eigenvalue weighted by molar-refractivity contribution is 5.85. The van der Waals surface area contributed by atoms with Crippen molar-refractivity contribution in [3.8, 4) is 0 Å². The number of carboxylic acids is 1. The number of carboxylic acid groups (broad SMARTS) is 1. The van der Waals surface area contributed by atoms with Gasteiger partial charge in [-0.2, -0.15) is 0 Å². The highest BCUT2D eigenvalue weighted by Crippen LogP contribution is 2.67. The number of ketones is 1. The fourth-order valence-electron chi connectivity index (χ4n) is 9.67. The largest absolute Gasteiger partial charge is 0.481 e. The lowest BCUT2D eigenvalue weighted by Gasteiger charge is -2.61. The number of hydrogen-bond acceptors (Lipinski definition) is 6. The molecule has 4 N–H and O–H groups in total. The van der Waals surface area contributed by atoms with Gasteiger partial charge in [-0.05, 0) is 105 Å². The van der Waals surface area contributed by atoms with E-state index in [1.165, 1.54) is 19.3 Å². The number of fused-ring (bicyclic) bond motifs is 5. The van der Waals surface area contributed by atoms with Gasteiger partial charge < -0.3 is 20.9 Å².